The minimum atomic E-state index is -0.304. The fourth-order valence-corrected chi connectivity index (χ4v) is 3.20. The van der Waals surface area contributed by atoms with Gasteiger partial charge in [0.2, 0.25) is 0 Å². The van der Waals surface area contributed by atoms with E-state index in [1.54, 1.807) is 36.4 Å². The van der Waals surface area contributed by atoms with Gasteiger partial charge in [0.25, 0.3) is 11.5 Å². The molecule has 0 spiro atoms. The molecule has 2 heterocycles. The van der Waals surface area contributed by atoms with Crippen LogP contribution in [0, 0.1) is 0 Å². The van der Waals surface area contributed by atoms with E-state index in [0.717, 1.165) is 19.4 Å². The standard InChI is InChI=1S/C20H19N3O3/c24-19(21-13-15-9-6-12-26-15)18-16-10-4-5-11-17(16)20(25)23(22-18)14-7-2-1-3-8-14/h1-5,7-8,10-11,15H,6,9,12-13H2,(H,21,24). The van der Waals surface area contributed by atoms with Crippen molar-refractivity contribution >= 4 is 16.7 Å². The first-order chi connectivity index (χ1) is 12.7. The van der Waals surface area contributed by atoms with Crippen LogP contribution >= 0.6 is 0 Å². The van der Waals surface area contributed by atoms with E-state index in [1.165, 1.54) is 4.68 Å². The van der Waals surface area contributed by atoms with Crippen molar-refractivity contribution in [3.63, 3.8) is 0 Å². The summed E-state index contributed by atoms with van der Waals surface area (Å²) in [6, 6.07) is 16.2. The van der Waals surface area contributed by atoms with Gasteiger partial charge in [0, 0.05) is 18.5 Å². The number of rotatable bonds is 4. The Bertz CT molecular complexity index is 992. The molecule has 1 unspecified atom stereocenters. The normalized spacial score (nSPS) is 16.7. The lowest BCUT2D eigenvalue weighted by Crippen LogP contribution is -2.34. The second-order valence-corrected chi connectivity index (χ2v) is 6.29. The topological polar surface area (TPSA) is 73.2 Å². The van der Waals surface area contributed by atoms with Crippen molar-refractivity contribution in [1.82, 2.24) is 15.1 Å². The number of fused-ring (bicyclic) bond motifs is 1. The van der Waals surface area contributed by atoms with Crippen molar-refractivity contribution in [2.75, 3.05) is 13.2 Å². The molecule has 132 valence electrons. The summed E-state index contributed by atoms with van der Waals surface area (Å²) in [5.74, 6) is -0.304. The van der Waals surface area contributed by atoms with Crippen molar-refractivity contribution < 1.29 is 9.53 Å². The fourth-order valence-electron chi connectivity index (χ4n) is 3.20. The number of hydrogen-bond acceptors (Lipinski definition) is 4. The lowest BCUT2D eigenvalue weighted by Gasteiger charge is -2.13. The molecule has 1 atom stereocenters. The Hall–Kier alpha value is -2.99. The van der Waals surface area contributed by atoms with Gasteiger partial charge in [-0.1, -0.05) is 36.4 Å². The summed E-state index contributed by atoms with van der Waals surface area (Å²) in [6.07, 6.45) is 2.00. The van der Waals surface area contributed by atoms with Crippen molar-refractivity contribution in [3.05, 3.63) is 70.6 Å². The summed E-state index contributed by atoms with van der Waals surface area (Å²) in [4.78, 5) is 25.6. The Morgan fingerprint density at radius 2 is 1.85 bits per heavy atom. The second kappa shape index (κ2) is 7.09. The SMILES string of the molecule is O=C(NCC1CCCO1)c1nn(-c2ccccc2)c(=O)c2ccccc12. The summed E-state index contributed by atoms with van der Waals surface area (Å²) >= 11 is 0. The highest BCUT2D eigenvalue weighted by molar-refractivity contribution is 6.04. The van der Waals surface area contributed by atoms with Crippen LogP contribution in [0.5, 0.6) is 0 Å². The van der Waals surface area contributed by atoms with Gasteiger partial charge in [0.05, 0.1) is 17.2 Å². The van der Waals surface area contributed by atoms with Crippen LogP contribution in [0.3, 0.4) is 0 Å². The number of hydrogen-bond donors (Lipinski definition) is 1. The largest absolute Gasteiger partial charge is 0.376 e. The monoisotopic (exact) mass is 349 g/mol. The third-order valence-corrected chi connectivity index (χ3v) is 4.54. The van der Waals surface area contributed by atoms with Crippen LogP contribution in [0.2, 0.25) is 0 Å². The minimum Gasteiger partial charge on any atom is -0.376 e. The van der Waals surface area contributed by atoms with Crippen LogP contribution in [-0.2, 0) is 4.74 Å². The Balaban J connectivity index is 1.76. The number of para-hydroxylation sites is 1. The van der Waals surface area contributed by atoms with Gasteiger partial charge < -0.3 is 10.1 Å². The zero-order valence-corrected chi connectivity index (χ0v) is 14.2. The summed E-state index contributed by atoms with van der Waals surface area (Å²) < 4.78 is 6.83. The average molecular weight is 349 g/mol. The van der Waals surface area contributed by atoms with E-state index in [4.69, 9.17) is 4.74 Å². The number of nitrogens with zero attached hydrogens (tertiary/aromatic N) is 2. The van der Waals surface area contributed by atoms with E-state index in [9.17, 15) is 9.59 Å². The van der Waals surface area contributed by atoms with Gasteiger partial charge >= 0.3 is 0 Å². The highest BCUT2D eigenvalue weighted by Gasteiger charge is 2.20. The Morgan fingerprint density at radius 3 is 2.58 bits per heavy atom. The molecular formula is C20H19N3O3. The Labute approximate surface area is 150 Å². The van der Waals surface area contributed by atoms with Crippen LogP contribution in [0.25, 0.3) is 16.5 Å². The number of carbonyl (C=O) groups is 1. The minimum absolute atomic E-state index is 0.0465. The molecule has 1 fully saturated rings. The third-order valence-electron chi connectivity index (χ3n) is 4.54. The van der Waals surface area contributed by atoms with Crippen molar-refractivity contribution in [3.8, 4) is 5.69 Å². The molecule has 0 radical (unpaired) electrons. The van der Waals surface area contributed by atoms with Gasteiger partial charge in [0.15, 0.2) is 5.69 Å². The molecular weight excluding hydrogens is 330 g/mol. The molecule has 1 N–H and O–H groups in total. The van der Waals surface area contributed by atoms with Crippen LogP contribution in [0.15, 0.2) is 59.4 Å². The highest BCUT2D eigenvalue weighted by Crippen LogP contribution is 2.16. The summed E-state index contributed by atoms with van der Waals surface area (Å²) in [6.45, 7) is 1.18. The van der Waals surface area contributed by atoms with Gasteiger partial charge in [-0.3, -0.25) is 9.59 Å². The maximum Gasteiger partial charge on any atom is 0.279 e. The van der Waals surface area contributed by atoms with E-state index < -0.39 is 0 Å². The first kappa shape index (κ1) is 16.5. The molecule has 1 aliphatic heterocycles. The predicted molar refractivity (Wildman–Crippen MR) is 98.6 cm³/mol. The summed E-state index contributed by atoms with van der Waals surface area (Å²) in [5, 5.41) is 8.27. The first-order valence-corrected chi connectivity index (χ1v) is 8.71. The molecule has 2 aromatic carbocycles. The number of ether oxygens (including phenoxy) is 1. The van der Waals surface area contributed by atoms with E-state index >= 15 is 0 Å². The molecule has 1 saturated heterocycles. The Morgan fingerprint density at radius 1 is 1.12 bits per heavy atom. The number of nitrogens with one attached hydrogen (secondary N) is 1. The van der Waals surface area contributed by atoms with Gasteiger partial charge in [-0.2, -0.15) is 9.78 Å². The third kappa shape index (κ3) is 3.11. The molecule has 6 heteroatoms. The van der Waals surface area contributed by atoms with Crippen molar-refractivity contribution in [2.24, 2.45) is 0 Å². The number of aromatic nitrogens is 2. The first-order valence-electron chi connectivity index (χ1n) is 8.71. The van der Waals surface area contributed by atoms with E-state index in [-0.39, 0.29) is 23.3 Å². The van der Waals surface area contributed by atoms with Crippen molar-refractivity contribution in [2.45, 2.75) is 18.9 Å². The number of amides is 1. The van der Waals surface area contributed by atoms with Crippen LogP contribution in [0.4, 0.5) is 0 Å². The maximum atomic E-state index is 12.8. The number of carbonyl (C=O) groups excluding carboxylic acids is 1. The molecule has 0 aliphatic carbocycles. The molecule has 1 aliphatic rings. The quantitative estimate of drug-likeness (QED) is 0.784. The summed E-state index contributed by atoms with van der Waals surface area (Å²) in [5.41, 5.74) is 0.612. The lowest BCUT2D eigenvalue weighted by molar-refractivity contribution is 0.0854. The molecule has 4 rings (SSSR count). The second-order valence-electron chi connectivity index (χ2n) is 6.29. The predicted octanol–water partition coefficient (Wildman–Crippen LogP) is 2.29. The molecule has 0 saturated carbocycles. The van der Waals surface area contributed by atoms with Crippen LogP contribution in [-0.4, -0.2) is 34.9 Å². The van der Waals surface area contributed by atoms with E-state index in [1.807, 2.05) is 18.2 Å². The molecule has 6 nitrogen and oxygen atoms in total. The fraction of sp³-hybridized carbons (Fsp3) is 0.250. The van der Waals surface area contributed by atoms with Gasteiger partial charge in [-0.15, -0.1) is 0 Å². The highest BCUT2D eigenvalue weighted by atomic mass is 16.5. The Kier molecular flexibility index (Phi) is 4.50. The van der Waals surface area contributed by atoms with Gasteiger partial charge in [0.1, 0.15) is 0 Å². The van der Waals surface area contributed by atoms with Crippen LogP contribution < -0.4 is 10.9 Å². The molecule has 3 aromatic rings. The zero-order chi connectivity index (χ0) is 17.9. The average Bonchev–Trinajstić information content (AvgIpc) is 3.21. The number of benzene rings is 2. The smallest absolute Gasteiger partial charge is 0.279 e. The van der Waals surface area contributed by atoms with Crippen molar-refractivity contribution in [1.29, 1.82) is 0 Å². The molecule has 0 bridgehead atoms. The molecule has 1 amide bonds. The maximum absolute atomic E-state index is 12.8. The zero-order valence-electron chi connectivity index (χ0n) is 14.2. The van der Waals surface area contributed by atoms with E-state index in [0.29, 0.717) is 23.0 Å². The van der Waals surface area contributed by atoms with Gasteiger partial charge in [-0.05, 0) is 31.0 Å². The van der Waals surface area contributed by atoms with Crippen LogP contribution in [0.1, 0.15) is 23.3 Å². The lowest BCUT2D eigenvalue weighted by atomic mass is 10.1. The van der Waals surface area contributed by atoms with Gasteiger partial charge in [-0.25, -0.2) is 0 Å². The van der Waals surface area contributed by atoms with E-state index in [2.05, 4.69) is 10.4 Å². The molecule has 1 aromatic heterocycles. The molecule has 26 heavy (non-hydrogen) atoms. The summed E-state index contributed by atoms with van der Waals surface area (Å²) in [7, 11) is 0.